The first-order valence-electron chi connectivity index (χ1n) is 8.66. The van der Waals surface area contributed by atoms with Crippen LogP contribution in [0.5, 0.6) is 0 Å². The zero-order chi connectivity index (χ0) is 15.2. The van der Waals surface area contributed by atoms with E-state index in [1.165, 1.54) is 44.3 Å². The summed E-state index contributed by atoms with van der Waals surface area (Å²) in [6.07, 6.45) is 4.98. The molecule has 1 aromatic carbocycles. The van der Waals surface area contributed by atoms with Crippen molar-refractivity contribution in [1.82, 2.24) is 15.3 Å². The Kier molecular flexibility index (Phi) is 5.84. The van der Waals surface area contributed by atoms with E-state index in [4.69, 9.17) is 4.84 Å². The van der Waals surface area contributed by atoms with Gasteiger partial charge in [0.1, 0.15) is 0 Å². The summed E-state index contributed by atoms with van der Waals surface area (Å²) in [6, 6.07) is 11.8. The second-order valence-electron chi connectivity index (χ2n) is 6.71. The smallest absolute Gasteiger partial charge is 0.0935 e. The van der Waals surface area contributed by atoms with Crippen LogP contribution in [0.15, 0.2) is 30.3 Å². The van der Waals surface area contributed by atoms with Crippen molar-refractivity contribution in [3.63, 3.8) is 0 Å². The molecule has 2 heterocycles. The van der Waals surface area contributed by atoms with Gasteiger partial charge in [-0.05, 0) is 51.4 Å². The maximum Gasteiger partial charge on any atom is 0.0935 e. The van der Waals surface area contributed by atoms with E-state index < -0.39 is 0 Å². The highest BCUT2D eigenvalue weighted by atomic mass is 16.7. The summed E-state index contributed by atoms with van der Waals surface area (Å²) in [5.74, 6) is 0. The van der Waals surface area contributed by atoms with E-state index in [-0.39, 0.29) is 0 Å². The van der Waals surface area contributed by atoms with E-state index in [2.05, 4.69) is 46.6 Å². The molecule has 1 aromatic rings. The molecule has 4 nitrogen and oxygen atoms in total. The molecular weight excluding hydrogens is 274 g/mol. The third kappa shape index (κ3) is 4.78. The molecule has 0 amide bonds. The molecule has 4 heteroatoms. The van der Waals surface area contributed by atoms with Gasteiger partial charge in [0.2, 0.25) is 0 Å². The fourth-order valence-corrected chi connectivity index (χ4v) is 3.40. The minimum Gasteiger partial charge on any atom is -0.311 e. The minimum absolute atomic E-state index is 0.671. The van der Waals surface area contributed by atoms with Crippen molar-refractivity contribution in [2.45, 2.75) is 44.4 Å². The van der Waals surface area contributed by atoms with E-state index >= 15 is 0 Å². The lowest BCUT2D eigenvalue weighted by atomic mass is 10.0. The molecule has 2 aliphatic rings. The van der Waals surface area contributed by atoms with E-state index in [1.54, 1.807) is 0 Å². The van der Waals surface area contributed by atoms with Crippen molar-refractivity contribution in [3.05, 3.63) is 35.9 Å². The van der Waals surface area contributed by atoms with Gasteiger partial charge in [0, 0.05) is 25.2 Å². The number of piperidine rings is 2. The van der Waals surface area contributed by atoms with Crippen molar-refractivity contribution in [2.75, 3.05) is 33.2 Å². The van der Waals surface area contributed by atoms with E-state index in [9.17, 15) is 0 Å². The minimum atomic E-state index is 0.671. The van der Waals surface area contributed by atoms with E-state index in [0.717, 1.165) is 19.1 Å². The Balaban J connectivity index is 1.34. The molecule has 0 spiro atoms. The van der Waals surface area contributed by atoms with Crippen molar-refractivity contribution in [1.29, 1.82) is 0 Å². The lowest BCUT2D eigenvalue weighted by Crippen LogP contribution is -2.49. The van der Waals surface area contributed by atoms with Gasteiger partial charge in [0.25, 0.3) is 0 Å². The number of hydroxylamine groups is 2. The highest BCUT2D eigenvalue weighted by Crippen LogP contribution is 2.16. The predicted octanol–water partition coefficient (Wildman–Crippen LogP) is 2.27. The number of benzene rings is 1. The monoisotopic (exact) mass is 303 g/mol. The SMILES string of the molecule is CN1CCC(NC2CCN(OCc3ccccc3)CC2)CC1. The number of hydrogen-bond acceptors (Lipinski definition) is 4. The van der Waals surface area contributed by atoms with Crippen LogP contribution in [0.25, 0.3) is 0 Å². The number of rotatable bonds is 5. The molecule has 0 aliphatic carbocycles. The summed E-state index contributed by atoms with van der Waals surface area (Å²) in [4.78, 5) is 8.35. The fraction of sp³-hybridized carbons (Fsp3) is 0.667. The summed E-state index contributed by atoms with van der Waals surface area (Å²) in [5, 5.41) is 6.00. The first-order valence-corrected chi connectivity index (χ1v) is 8.66. The highest BCUT2D eigenvalue weighted by molar-refractivity contribution is 5.13. The van der Waals surface area contributed by atoms with Crippen LogP contribution in [-0.2, 0) is 11.4 Å². The maximum absolute atomic E-state index is 5.92. The Morgan fingerprint density at radius 3 is 2.18 bits per heavy atom. The predicted molar refractivity (Wildman–Crippen MR) is 89.5 cm³/mol. The lowest BCUT2D eigenvalue weighted by Gasteiger charge is -2.36. The summed E-state index contributed by atoms with van der Waals surface area (Å²) in [5.41, 5.74) is 1.24. The van der Waals surface area contributed by atoms with Gasteiger partial charge < -0.3 is 10.2 Å². The van der Waals surface area contributed by atoms with Gasteiger partial charge in [-0.3, -0.25) is 4.84 Å². The zero-order valence-corrected chi connectivity index (χ0v) is 13.7. The number of likely N-dealkylation sites (tertiary alicyclic amines) is 1. The molecule has 122 valence electrons. The van der Waals surface area contributed by atoms with E-state index in [1.807, 2.05) is 6.07 Å². The van der Waals surface area contributed by atoms with Crippen molar-refractivity contribution in [3.8, 4) is 0 Å². The average molecular weight is 303 g/mol. The largest absolute Gasteiger partial charge is 0.311 e. The molecule has 1 N–H and O–H groups in total. The quantitative estimate of drug-likeness (QED) is 0.903. The molecule has 2 aliphatic heterocycles. The van der Waals surface area contributed by atoms with Gasteiger partial charge in [-0.15, -0.1) is 0 Å². The third-order valence-electron chi connectivity index (χ3n) is 4.90. The zero-order valence-electron chi connectivity index (χ0n) is 13.7. The Morgan fingerprint density at radius 1 is 0.955 bits per heavy atom. The molecule has 0 radical (unpaired) electrons. The third-order valence-corrected chi connectivity index (χ3v) is 4.90. The van der Waals surface area contributed by atoms with Gasteiger partial charge in [0.15, 0.2) is 0 Å². The first kappa shape index (κ1) is 15.9. The summed E-state index contributed by atoms with van der Waals surface area (Å²) >= 11 is 0. The maximum atomic E-state index is 5.92. The van der Waals surface area contributed by atoms with Crippen LogP contribution in [0, 0.1) is 0 Å². The van der Waals surface area contributed by atoms with Crippen LogP contribution in [0.4, 0.5) is 0 Å². The number of hydrogen-bond donors (Lipinski definition) is 1. The van der Waals surface area contributed by atoms with Crippen molar-refractivity contribution < 1.29 is 4.84 Å². The molecule has 0 aromatic heterocycles. The topological polar surface area (TPSA) is 27.7 Å². The Morgan fingerprint density at radius 2 is 1.55 bits per heavy atom. The van der Waals surface area contributed by atoms with Crippen LogP contribution in [0.3, 0.4) is 0 Å². The van der Waals surface area contributed by atoms with Gasteiger partial charge in [-0.25, -0.2) is 0 Å². The molecular formula is C18H29N3O. The van der Waals surface area contributed by atoms with Crippen LogP contribution in [0.1, 0.15) is 31.2 Å². The van der Waals surface area contributed by atoms with Crippen LogP contribution in [0.2, 0.25) is 0 Å². The van der Waals surface area contributed by atoms with Crippen LogP contribution in [-0.4, -0.2) is 55.3 Å². The molecule has 2 fully saturated rings. The molecule has 22 heavy (non-hydrogen) atoms. The first-order chi connectivity index (χ1) is 10.8. The molecule has 3 rings (SSSR count). The Labute approximate surface area is 134 Å². The number of nitrogens with zero attached hydrogens (tertiary/aromatic N) is 2. The second-order valence-corrected chi connectivity index (χ2v) is 6.71. The number of nitrogens with one attached hydrogen (secondary N) is 1. The average Bonchev–Trinajstić information content (AvgIpc) is 2.57. The highest BCUT2D eigenvalue weighted by Gasteiger charge is 2.24. The Bertz CT molecular complexity index is 423. The molecule has 2 saturated heterocycles. The van der Waals surface area contributed by atoms with Gasteiger partial charge in [-0.1, -0.05) is 30.3 Å². The molecule has 0 atom stereocenters. The molecule has 0 bridgehead atoms. The van der Waals surface area contributed by atoms with Crippen molar-refractivity contribution >= 4 is 0 Å². The van der Waals surface area contributed by atoms with E-state index in [0.29, 0.717) is 12.6 Å². The normalized spacial score (nSPS) is 23.0. The fourth-order valence-electron chi connectivity index (χ4n) is 3.40. The van der Waals surface area contributed by atoms with Gasteiger partial charge in [0.05, 0.1) is 6.61 Å². The molecule has 0 unspecified atom stereocenters. The lowest BCUT2D eigenvalue weighted by molar-refractivity contribution is -0.181. The second kappa shape index (κ2) is 8.06. The van der Waals surface area contributed by atoms with Gasteiger partial charge in [-0.2, -0.15) is 5.06 Å². The summed E-state index contributed by atoms with van der Waals surface area (Å²) < 4.78 is 0. The summed E-state index contributed by atoms with van der Waals surface area (Å²) in [6.45, 7) is 5.23. The van der Waals surface area contributed by atoms with Crippen LogP contribution < -0.4 is 5.32 Å². The van der Waals surface area contributed by atoms with Gasteiger partial charge >= 0.3 is 0 Å². The molecule has 0 saturated carbocycles. The van der Waals surface area contributed by atoms with Crippen LogP contribution >= 0.6 is 0 Å². The summed E-state index contributed by atoms with van der Waals surface area (Å²) in [7, 11) is 2.22. The van der Waals surface area contributed by atoms with Crippen molar-refractivity contribution in [2.24, 2.45) is 0 Å². The Hall–Kier alpha value is -0.940. The standard InChI is InChI=1S/C18H29N3O/c1-20-11-7-17(8-12-20)19-18-9-13-21(14-10-18)22-15-16-5-3-2-4-6-16/h2-6,17-19H,7-15H2,1H3.